The molecule has 1 aromatic carbocycles. The van der Waals surface area contributed by atoms with Crippen molar-refractivity contribution in [2.24, 2.45) is 11.1 Å². The first-order valence-electron chi connectivity index (χ1n) is 6.29. The van der Waals surface area contributed by atoms with E-state index in [0.29, 0.717) is 11.4 Å². The third kappa shape index (κ3) is 3.19. The predicted molar refractivity (Wildman–Crippen MR) is 69.8 cm³/mol. The number of halogens is 2. The molecule has 0 aliphatic rings. The molecule has 0 aliphatic carbocycles. The SMILES string of the molecule is CC(C)(C)C(N)c1noc(Cc2ccc(F)cc2F)n1. The van der Waals surface area contributed by atoms with Gasteiger partial charge in [-0.15, -0.1) is 0 Å². The van der Waals surface area contributed by atoms with Crippen molar-refractivity contribution in [3.05, 3.63) is 47.1 Å². The first kappa shape index (κ1) is 14.6. The van der Waals surface area contributed by atoms with Crippen molar-refractivity contribution < 1.29 is 13.3 Å². The van der Waals surface area contributed by atoms with Gasteiger partial charge in [-0.2, -0.15) is 4.98 Å². The Hall–Kier alpha value is -1.82. The van der Waals surface area contributed by atoms with Crippen LogP contribution in [-0.2, 0) is 6.42 Å². The molecule has 1 heterocycles. The van der Waals surface area contributed by atoms with E-state index in [1.807, 2.05) is 20.8 Å². The highest BCUT2D eigenvalue weighted by Crippen LogP contribution is 2.28. The van der Waals surface area contributed by atoms with Gasteiger partial charge < -0.3 is 10.3 Å². The van der Waals surface area contributed by atoms with Crippen molar-refractivity contribution in [2.75, 3.05) is 0 Å². The fourth-order valence-corrected chi connectivity index (χ4v) is 1.68. The van der Waals surface area contributed by atoms with Gasteiger partial charge in [0.05, 0.1) is 12.5 Å². The minimum atomic E-state index is -0.634. The first-order valence-corrected chi connectivity index (χ1v) is 6.29. The van der Waals surface area contributed by atoms with Crippen LogP contribution in [0.4, 0.5) is 8.78 Å². The summed E-state index contributed by atoms with van der Waals surface area (Å²) in [6, 6.07) is 3.00. The van der Waals surface area contributed by atoms with E-state index in [-0.39, 0.29) is 23.8 Å². The zero-order valence-electron chi connectivity index (χ0n) is 11.7. The van der Waals surface area contributed by atoms with E-state index in [1.165, 1.54) is 12.1 Å². The first-order chi connectivity index (χ1) is 9.27. The lowest BCUT2D eigenvalue weighted by molar-refractivity contribution is 0.301. The molecule has 6 heteroatoms. The summed E-state index contributed by atoms with van der Waals surface area (Å²) in [5, 5.41) is 3.82. The fraction of sp³-hybridized carbons (Fsp3) is 0.429. The number of nitrogens with zero attached hydrogens (tertiary/aromatic N) is 2. The topological polar surface area (TPSA) is 64.9 Å². The van der Waals surface area contributed by atoms with Crippen molar-refractivity contribution in [2.45, 2.75) is 33.2 Å². The van der Waals surface area contributed by atoms with Crippen LogP contribution in [0.15, 0.2) is 22.7 Å². The van der Waals surface area contributed by atoms with Crippen LogP contribution in [0, 0.1) is 17.0 Å². The number of rotatable bonds is 3. The van der Waals surface area contributed by atoms with Gasteiger partial charge in [0.1, 0.15) is 11.6 Å². The van der Waals surface area contributed by atoms with Crippen LogP contribution < -0.4 is 5.73 Å². The Bertz CT molecular complexity index is 605. The maximum absolute atomic E-state index is 13.5. The zero-order valence-corrected chi connectivity index (χ0v) is 11.7. The Morgan fingerprint density at radius 3 is 2.60 bits per heavy atom. The largest absolute Gasteiger partial charge is 0.339 e. The number of hydrogen-bond acceptors (Lipinski definition) is 4. The molecular formula is C14H17F2N3O. The molecule has 0 bridgehead atoms. The molecule has 0 aliphatic heterocycles. The van der Waals surface area contributed by atoms with Gasteiger partial charge in [0.2, 0.25) is 5.89 Å². The number of aromatic nitrogens is 2. The summed E-state index contributed by atoms with van der Waals surface area (Å²) < 4.78 is 31.4. The normalized spacial score (nSPS) is 13.5. The second kappa shape index (κ2) is 5.28. The van der Waals surface area contributed by atoms with Crippen LogP contribution >= 0.6 is 0 Å². The van der Waals surface area contributed by atoms with Crippen LogP contribution in [0.2, 0.25) is 0 Å². The molecule has 2 aromatic rings. The lowest BCUT2D eigenvalue weighted by atomic mass is 9.87. The molecule has 0 saturated carbocycles. The molecule has 0 fully saturated rings. The second-order valence-corrected chi connectivity index (χ2v) is 5.80. The van der Waals surface area contributed by atoms with Crippen molar-refractivity contribution in [3.8, 4) is 0 Å². The number of hydrogen-bond donors (Lipinski definition) is 1. The maximum atomic E-state index is 13.5. The summed E-state index contributed by atoms with van der Waals surface area (Å²) in [6.45, 7) is 5.90. The van der Waals surface area contributed by atoms with Crippen molar-refractivity contribution in [1.82, 2.24) is 10.1 Å². The molecule has 1 aromatic heterocycles. The van der Waals surface area contributed by atoms with Crippen molar-refractivity contribution in [3.63, 3.8) is 0 Å². The Morgan fingerprint density at radius 1 is 1.30 bits per heavy atom. The van der Waals surface area contributed by atoms with E-state index in [4.69, 9.17) is 10.3 Å². The average molecular weight is 281 g/mol. The quantitative estimate of drug-likeness (QED) is 0.939. The van der Waals surface area contributed by atoms with E-state index >= 15 is 0 Å². The van der Waals surface area contributed by atoms with Crippen LogP contribution in [0.25, 0.3) is 0 Å². The van der Waals surface area contributed by atoms with Crippen LogP contribution in [0.3, 0.4) is 0 Å². The van der Waals surface area contributed by atoms with Crippen LogP contribution in [-0.4, -0.2) is 10.1 Å². The average Bonchev–Trinajstić information content (AvgIpc) is 2.79. The number of benzene rings is 1. The lowest BCUT2D eigenvalue weighted by Crippen LogP contribution is -2.27. The maximum Gasteiger partial charge on any atom is 0.231 e. The van der Waals surface area contributed by atoms with Gasteiger partial charge in [-0.3, -0.25) is 0 Å². The van der Waals surface area contributed by atoms with Crippen LogP contribution in [0.1, 0.15) is 44.1 Å². The highest BCUT2D eigenvalue weighted by Gasteiger charge is 2.27. The lowest BCUT2D eigenvalue weighted by Gasteiger charge is -2.23. The zero-order chi connectivity index (χ0) is 14.9. The molecule has 4 nitrogen and oxygen atoms in total. The highest BCUT2D eigenvalue weighted by molar-refractivity contribution is 5.21. The van der Waals surface area contributed by atoms with E-state index in [9.17, 15) is 8.78 Å². The molecule has 0 amide bonds. The third-order valence-electron chi connectivity index (χ3n) is 3.05. The summed E-state index contributed by atoms with van der Waals surface area (Å²) in [5.74, 6) is -0.614. The molecule has 2 N–H and O–H groups in total. The highest BCUT2D eigenvalue weighted by atomic mass is 19.1. The molecular weight excluding hydrogens is 264 g/mol. The van der Waals surface area contributed by atoms with Crippen molar-refractivity contribution in [1.29, 1.82) is 0 Å². The summed E-state index contributed by atoms with van der Waals surface area (Å²) in [5.41, 5.74) is 6.11. The van der Waals surface area contributed by atoms with Gasteiger partial charge in [0, 0.05) is 6.07 Å². The second-order valence-electron chi connectivity index (χ2n) is 5.80. The number of nitrogens with two attached hydrogens (primary N) is 1. The Kier molecular flexibility index (Phi) is 3.85. The van der Waals surface area contributed by atoms with E-state index in [2.05, 4.69) is 10.1 Å². The van der Waals surface area contributed by atoms with Crippen LogP contribution in [0.5, 0.6) is 0 Å². The minimum absolute atomic E-state index is 0.107. The van der Waals surface area contributed by atoms with Gasteiger partial charge >= 0.3 is 0 Å². The summed E-state index contributed by atoms with van der Waals surface area (Å²) >= 11 is 0. The van der Waals surface area contributed by atoms with E-state index in [0.717, 1.165) is 6.07 Å². The monoisotopic (exact) mass is 281 g/mol. The van der Waals surface area contributed by atoms with Gasteiger partial charge in [0.25, 0.3) is 0 Å². The predicted octanol–water partition coefficient (Wildman–Crippen LogP) is 2.98. The van der Waals surface area contributed by atoms with Gasteiger partial charge in [-0.25, -0.2) is 8.78 Å². The summed E-state index contributed by atoms with van der Waals surface area (Å²) in [4.78, 5) is 4.17. The molecule has 1 atom stereocenters. The summed E-state index contributed by atoms with van der Waals surface area (Å²) in [7, 11) is 0. The summed E-state index contributed by atoms with van der Waals surface area (Å²) in [6.07, 6.45) is 0.107. The Balaban J connectivity index is 2.18. The van der Waals surface area contributed by atoms with E-state index in [1.54, 1.807) is 0 Å². The smallest absolute Gasteiger partial charge is 0.231 e. The van der Waals surface area contributed by atoms with Gasteiger partial charge in [0.15, 0.2) is 5.82 Å². The van der Waals surface area contributed by atoms with Crippen molar-refractivity contribution >= 4 is 0 Å². The molecule has 108 valence electrons. The Labute approximate surface area is 116 Å². The minimum Gasteiger partial charge on any atom is -0.339 e. The molecule has 0 saturated heterocycles. The molecule has 0 radical (unpaired) electrons. The molecule has 0 spiro atoms. The fourth-order valence-electron chi connectivity index (χ4n) is 1.68. The Morgan fingerprint density at radius 2 is 2.00 bits per heavy atom. The molecule has 1 unspecified atom stereocenters. The van der Waals surface area contributed by atoms with E-state index < -0.39 is 11.6 Å². The molecule has 20 heavy (non-hydrogen) atoms. The molecule has 2 rings (SSSR count). The van der Waals surface area contributed by atoms with Gasteiger partial charge in [-0.05, 0) is 17.0 Å². The standard InChI is InChI=1S/C14H17F2N3O/c1-14(2,3)12(17)13-18-11(20-19-13)6-8-4-5-9(15)7-10(8)16/h4-5,7,12H,6,17H2,1-3H3. The van der Waals surface area contributed by atoms with Gasteiger partial charge in [-0.1, -0.05) is 32.0 Å². The third-order valence-corrected chi connectivity index (χ3v) is 3.05.